The number of benzene rings is 1. The highest BCUT2D eigenvalue weighted by Gasteiger charge is 2.22. The van der Waals surface area contributed by atoms with Gasteiger partial charge in [0.25, 0.3) is 0 Å². The van der Waals surface area contributed by atoms with Crippen molar-refractivity contribution in [2.45, 2.75) is 46.6 Å². The third-order valence-corrected chi connectivity index (χ3v) is 5.34. The van der Waals surface area contributed by atoms with E-state index in [1.165, 1.54) is 10.6 Å². The van der Waals surface area contributed by atoms with Crippen molar-refractivity contribution in [3.05, 3.63) is 29.3 Å². The maximum Gasteiger partial charge on any atom is 0.225 e. The minimum atomic E-state index is -3.31. The van der Waals surface area contributed by atoms with Gasteiger partial charge >= 0.3 is 0 Å². The molecule has 0 aliphatic heterocycles. The molecule has 1 aromatic rings. The molecule has 1 atom stereocenters. The van der Waals surface area contributed by atoms with Crippen molar-refractivity contribution in [3.63, 3.8) is 0 Å². The number of aryl methyl sites for hydroxylation is 1. The van der Waals surface area contributed by atoms with Gasteiger partial charge in [0.2, 0.25) is 15.9 Å². The van der Waals surface area contributed by atoms with Crippen LogP contribution in [0.25, 0.3) is 0 Å². The lowest BCUT2D eigenvalue weighted by Crippen LogP contribution is -2.39. The quantitative estimate of drug-likeness (QED) is 0.838. The van der Waals surface area contributed by atoms with Crippen LogP contribution in [0.1, 0.15) is 37.8 Å². The molecule has 22 heavy (non-hydrogen) atoms. The van der Waals surface area contributed by atoms with Crippen LogP contribution in [0, 0.1) is 13.8 Å². The molecular weight excluding hydrogens is 300 g/mol. The molecule has 0 heterocycles. The molecule has 0 saturated carbocycles. The van der Waals surface area contributed by atoms with Gasteiger partial charge in [0.15, 0.2) is 0 Å². The number of nitrogens with one attached hydrogen (secondary N) is 1. The molecule has 0 aliphatic rings. The van der Waals surface area contributed by atoms with Crippen molar-refractivity contribution < 1.29 is 13.2 Å². The van der Waals surface area contributed by atoms with Gasteiger partial charge in [0.1, 0.15) is 0 Å². The van der Waals surface area contributed by atoms with Gasteiger partial charge in [0, 0.05) is 24.7 Å². The Hall–Kier alpha value is -1.40. The maximum atomic E-state index is 12.1. The number of amides is 1. The summed E-state index contributed by atoms with van der Waals surface area (Å²) < 4.78 is 25.0. The van der Waals surface area contributed by atoms with Crippen LogP contribution in [-0.4, -0.2) is 37.5 Å². The van der Waals surface area contributed by atoms with Crippen molar-refractivity contribution in [3.8, 4) is 0 Å². The Kier molecular flexibility index (Phi) is 6.56. The average Bonchev–Trinajstić information content (AvgIpc) is 2.42. The average molecular weight is 326 g/mol. The molecule has 0 spiro atoms. The lowest BCUT2D eigenvalue weighted by molar-refractivity contribution is -0.116. The summed E-state index contributed by atoms with van der Waals surface area (Å²) in [5.41, 5.74) is 2.91. The Balaban J connectivity index is 2.70. The van der Waals surface area contributed by atoms with Crippen LogP contribution < -0.4 is 5.32 Å². The molecule has 1 N–H and O–H groups in total. The summed E-state index contributed by atoms with van der Waals surface area (Å²) in [4.78, 5) is 12.1. The van der Waals surface area contributed by atoms with Crippen LogP contribution in [0.2, 0.25) is 0 Å². The van der Waals surface area contributed by atoms with Crippen LogP contribution >= 0.6 is 0 Å². The van der Waals surface area contributed by atoms with Gasteiger partial charge in [0.05, 0.1) is 6.26 Å². The van der Waals surface area contributed by atoms with E-state index >= 15 is 0 Å². The molecule has 0 fully saturated rings. The number of carbonyl (C=O) groups excluding carboxylic acids is 1. The number of carbonyl (C=O) groups is 1. The Morgan fingerprint density at radius 1 is 1.32 bits per heavy atom. The monoisotopic (exact) mass is 326 g/mol. The van der Waals surface area contributed by atoms with Gasteiger partial charge < -0.3 is 5.32 Å². The molecule has 0 aliphatic carbocycles. The first-order valence-electron chi connectivity index (χ1n) is 7.49. The number of rotatable bonds is 7. The first kappa shape index (κ1) is 18.6. The van der Waals surface area contributed by atoms with Crippen molar-refractivity contribution in [2.24, 2.45) is 0 Å². The lowest BCUT2D eigenvalue weighted by atomic mass is 10.1. The maximum absolute atomic E-state index is 12.1. The molecule has 1 unspecified atom stereocenters. The largest absolute Gasteiger partial charge is 0.326 e. The Labute approximate surface area is 133 Å². The van der Waals surface area contributed by atoms with Gasteiger partial charge in [-0.25, -0.2) is 8.42 Å². The van der Waals surface area contributed by atoms with Gasteiger partial charge in [-0.1, -0.05) is 19.1 Å². The topological polar surface area (TPSA) is 66.5 Å². The van der Waals surface area contributed by atoms with Gasteiger partial charge in [-0.3, -0.25) is 4.79 Å². The third-order valence-electron chi connectivity index (χ3n) is 3.95. The van der Waals surface area contributed by atoms with E-state index in [1.54, 1.807) is 0 Å². The van der Waals surface area contributed by atoms with Crippen molar-refractivity contribution in [2.75, 3.05) is 18.1 Å². The number of anilines is 1. The first-order valence-corrected chi connectivity index (χ1v) is 9.34. The van der Waals surface area contributed by atoms with Gasteiger partial charge in [-0.05, 0) is 44.4 Å². The molecule has 1 amide bonds. The number of nitrogens with zero attached hydrogens (tertiary/aromatic N) is 1. The first-order chi connectivity index (χ1) is 10.2. The summed E-state index contributed by atoms with van der Waals surface area (Å²) in [6.45, 7) is 7.92. The summed E-state index contributed by atoms with van der Waals surface area (Å²) >= 11 is 0. The zero-order valence-electron chi connectivity index (χ0n) is 14.0. The van der Waals surface area contributed by atoms with Crippen LogP contribution in [0.5, 0.6) is 0 Å². The lowest BCUT2D eigenvalue weighted by Gasteiger charge is -2.25. The summed E-state index contributed by atoms with van der Waals surface area (Å²) in [5, 5.41) is 2.85. The SMILES string of the molecule is CCC(C)N(CCC(=O)Nc1cccc(C)c1C)S(C)(=O)=O. The molecule has 1 aromatic carbocycles. The predicted octanol–water partition coefficient (Wildman–Crippen LogP) is 2.69. The summed E-state index contributed by atoms with van der Waals surface area (Å²) in [5.74, 6) is -0.175. The second-order valence-corrected chi connectivity index (χ2v) is 7.61. The fourth-order valence-electron chi connectivity index (χ4n) is 2.23. The molecule has 124 valence electrons. The highest BCUT2D eigenvalue weighted by atomic mass is 32.2. The van der Waals surface area contributed by atoms with Crippen LogP contribution in [0.3, 0.4) is 0 Å². The predicted molar refractivity (Wildman–Crippen MR) is 90.5 cm³/mol. The highest BCUT2D eigenvalue weighted by Crippen LogP contribution is 2.18. The number of sulfonamides is 1. The van der Waals surface area contributed by atoms with Gasteiger partial charge in [-0.15, -0.1) is 0 Å². The fraction of sp³-hybridized carbons (Fsp3) is 0.562. The van der Waals surface area contributed by atoms with Crippen molar-refractivity contribution in [1.82, 2.24) is 4.31 Å². The Morgan fingerprint density at radius 3 is 2.50 bits per heavy atom. The molecule has 0 bridgehead atoms. The molecule has 0 saturated heterocycles. The number of hydrogen-bond donors (Lipinski definition) is 1. The normalized spacial score (nSPS) is 13.2. The van der Waals surface area contributed by atoms with E-state index in [0.29, 0.717) is 6.42 Å². The molecule has 0 aromatic heterocycles. The summed E-state index contributed by atoms with van der Waals surface area (Å²) in [6, 6.07) is 5.62. The van der Waals surface area contributed by atoms with Crippen LogP contribution in [0.15, 0.2) is 18.2 Å². The second-order valence-electron chi connectivity index (χ2n) is 5.68. The molecular formula is C16H26N2O3S. The summed E-state index contributed by atoms with van der Waals surface area (Å²) in [6.07, 6.45) is 2.04. The van der Waals surface area contributed by atoms with E-state index in [0.717, 1.165) is 16.8 Å². The zero-order valence-corrected chi connectivity index (χ0v) is 14.8. The highest BCUT2D eigenvalue weighted by molar-refractivity contribution is 7.88. The van der Waals surface area contributed by atoms with E-state index in [-0.39, 0.29) is 24.9 Å². The molecule has 0 radical (unpaired) electrons. The Morgan fingerprint density at radius 2 is 1.95 bits per heavy atom. The molecule has 1 rings (SSSR count). The van der Waals surface area contributed by atoms with E-state index in [2.05, 4.69) is 5.32 Å². The van der Waals surface area contributed by atoms with Gasteiger partial charge in [-0.2, -0.15) is 4.31 Å². The Bertz CT molecular complexity index is 626. The zero-order chi connectivity index (χ0) is 16.9. The van der Waals surface area contributed by atoms with Crippen LogP contribution in [0.4, 0.5) is 5.69 Å². The fourth-order valence-corrected chi connectivity index (χ4v) is 3.45. The van der Waals surface area contributed by atoms with E-state index in [9.17, 15) is 13.2 Å². The number of hydrogen-bond acceptors (Lipinski definition) is 3. The standard InChI is InChI=1S/C16H26N2O3S/c1-6-13(3)18(22(5,20)21)11-10-16(19)17-15-9-7-8-12(2)14(15)4/h7-9,13H,6,10-11H2,1-5H3,(H,17,19). The molecule has 6 heteroatoms. The smallest absolute Gasteiger partial charge is 0.225 e. The van der Waals surface area contributed by atoms with E-state index in [4.69, 9.17) is 0 Å². The van der Waals surface area contributed by atoms with E-state index < -0.39 is 10.0 Å². The van der Waals surface area contributed by atoms with Crippen molar-refractivity contribution in [1.29, 1.82) is 0 Å². The van der Waals surface area contributed by atoms with Crippen LogP contribution in [-0.2, 0) is 14.8 Å². The third kappa shape index (κ3) is 5.10. The second kappa shape index (κ2) is 7.74. The van der Waals surface area contributed by atoms with E-state index in [1.807, 2.05) is 45.9 Å². The molecule has 5 nitrogen and oxygen atoms in total. The minimum Gasteiger partial charge on any atom is -0.326 e. The van der Waals surface area contributed by atoms with Crippen molar-refractivity contribution >= 4 is 21.6 Å². The minimum absolute atomic E-state index is 0.108. The summed E-state index contributed by atoms with van der Waals surface area (Å²) in [7, 11) is -3.31.